The second kappa shape index (κ2) is 7.03. The molecular weight excluding hydrogens is 196 g/mol. The Kier molecular flexibility index (Phi) is 6.85. The summed E-state index contributed by atoms with van der Waals surface area (Å²) in [7, 11) is 0. The molecule has 0 aliphatic heterocycles. The van der Waals surface area contributed by atoms with Crippen LogP contribution < -0.4 is 0 Å². The Hall–Kier alpha value is -0.400. The largest absolute Gasteiger partial charge is 0.187 e. The van der Waals surface area contributed by atoms with Crippen LogP contribution in [0.15, 0.2) is 10.2 Å². The molecule has 2 heteroatoms. The van der Waals surface area contributed by atoms with Crippen LogP contribution in [0.4, 0.5) is 0 Å². The van der Waals surface area contributed by atoms with Gasteiger partial charge in [-0.3, -0.25) is 0 Å². The van der Waals surface area contributed by atoms with Crippen LogP contribution in [-0.4, -0.2) is 11.1 Å². The zero-order chi connectivity index (χ0) is 12.7. The van der Waals surface area contributed by atoms with Gasteiger partial charge in [-0.05, 0) is 39.5 Å². The molecule has 0 spiro atoms. The van der Waals surface area contributed by atoms with Crippen molar-refractivity contribution in [1.29, 1.82) is 0 Å². The molecule has 96 valence electrons. The highest BCUT2D eigenvalue weighted by Gasteiger charge is 2.24. The molecule has 0 aromatic carbocycles. The zero-order valence-electron chi connectivity index (χ0n) is 12.1. The average Bonchev–Trinajstić information content (AvgIpc) is 2.27. The lowest BCUT2D eigenvalue weighted by molar-refractivity contribution is 0.335. The molecule has 0 radical (unpaired) electrons. The first-order chi connectivity index (χ1) is 7.45. The van der Waals surface area contributed by atoms with Gasteiger partial charge in [0.2, 0.25) is 0 Å². The van der Waals surface area contributed by atoms with E-state index in [0.29, 0.717) is 0 Å². The topological polar surface area (TPSA) is 24.7 Å². The monoisotopic (exact) mass is 226 g/mol. The lowest BCUT2D eigenvalue weighted by atomic mass is 9.93. The minimum atomic E-state index is 0.0545. The number of nitrogens with zero attached hydrogens (tertiary/aromatic N) is 2. The summed E-state index contributed by atoms with van der Waals surface area (Å²) < 4.78 is 0. The zero-order valence-corrected chi connectivity index (χ0v) is 12.1. The maximum absolute atomic E-state index is 4.65. The molecule has 0 aliphatic carbocycles. The highest BCUT2D eigenvalue weighted by molar-refractivity contribution is 4.84. The average molecular weight is 226 g/mol. The molecule has 0 saturated heterocycles. The van der Waals surface area contributed by atoms with Crippen molar-refractivity contribution < 1.29 is 0 Å². The van der Waals surface area contributed by atoms with Gasteiger partial charge in [0.1, 0.15) is 0 Å². The molecule has 0 heterocycles. The van der Waals surface area contributed by atoms with E-state index in [1.165, 1.54) is 12.8 Å². The standard InChI is InChI=1S/C14H30N2/c1-7-11-13(5,9-3)15-16-14(6,10-4)12-8-2/h7-12H2,1-6H3/b16-15+. The summed E-state index contributed by atoms with van der Waals surface area (Å²) in [5.74, 6) is 0. The fraction of sp³-hybridized carbons (Fsp3) is 1.00. The van der Waals surface area contributed by atoms with Crippen LogP contribution in [-0.2, 0) is 0 Å². The van der Waals surface area contributed by atoms with Crippen molar-refractivity contribution in [3.05, 3.63) is 0 Å². The van der Waals surface area contributed by atoms with E-state index >= 15 is 0 Å². The van der Waals surface area contributed by atoms with Crippen LogP contribution in [0.2, 0.25) is 0 Å². The third-order valence-corrected chi connectivity index (χ3v) is 3.63. The van der Waals surface area contributed by atoms with Gasteiger partial charge in [-0.25, -0.2) is 0 Å². The Bertz CT molecular complexity index is 191. The molecule has 0 N–H and O–H groups in total. The first kappa shape index (κ1) is 15.6. The van der Waals surface area contributed by atoms with E-state index in [0.717, 1.165) is 25.7 Å². The third kappa shape index (κ3) is 5.09. The Labute approximate surface area is 102 Å². The van der Waals surface area contributed by atoms with Crippen LogP contribution >= 0.6 is 0 Å². The van der Waals surface area contributed by atoms with E-state index in [2.05, 4.69) is 51.8 Å². The number of hydrogen-bond acceptors (Lipinski definition) is 2. The molecule has 0 fully saturated rings. The molecule has 2 nitrogen and oxygen atoms in total. The summed E-state index contributed by atoms with van der Waals surface area (Å²) in [6, 6.07) is 0. The van der Waals surface area contributed by atoms with Gasteiger partial charge in [-0.15, -0.1) is 0 Å². The van der Waals surface area contributed by atoms with Crippen LogP contribution in [0.1, 0.15) is 80.1 Å². The van der Waals surface area contributed by atoms with Gasteiger partial charge in [0, 0.05) is 0 Å². The van der Waals surface area contributed by atoms with Gasteiger partial charge in [-0.2, -0.15) is 10.2 Å². The van der Waals surface area contributed by atoms with E-state index in [4.69, 9.17) is 0 Å². The highest BCUT2D eigenvalue weighted by atomic mass is 15.2. The molecule has 0 rings (SSSR count). The predicted molar refractivity (Wildman–Crippen MR) is 72.1 cm³/mol. The fourth-order valence-electron chi connectivity index (χ4n) is 1.91. The van der Waals surface area contributed by atoms with Crippen molar-refractivity contribution in [2.45, 2.75) is 91.1 Å². The summed E-state index contributed by atoms with van der Waals surface area (Å²) in [6.45, 7) is 13.3. The SMILES string of the molecule is CCCC(C)(CC)/N=N/C(C)(CC)CCC. The smallest absolute Gasteiger partial charge is 0.0785 e. The molecule has 0 aromatic heterocycles. The Morgan fingerprint density at radius 3 is 1.19 bits per heavy atom. The molecule has 0 bridgehead atoms. The van der Waals surface area contributed by atoms with Gasteiger partial charge in [0.25, 0.3) is 0 Å². The fourth-order valence-corrected chi connectivity index (χ4v) is 1.91. The number of rotatable bonds is 8. The Morgan fingerprint density at radius 2 is 1.00 bits per heavy atom. The number of hydrogen-bond donors (Lipinski definition) is 0. The molecule has 0 saturated carbocycles. The Morgan fingerprint density at radius 1 is 0.688 bits per heavy atom. The molecule has 0 aromatic rings. The van der Waals surface area contributed by atoms with Crippen molar-refractivity contribution >= 4 is 0 Å². The third-order valence-electron chi connectivity index (χ3n) is 3.63. The van der Waals surface area contributed by atoms with E-state index in [-0.39, 0.29) is 11.1 Å². The van der Waals surface area contributed by atoms with E-state index < -0.39 is 0 Å². The van der Waals surface area contributed by atoms with Crippen molar-refractivity contribution in [2.75, 3.05) is 0 Å². The van der Waals surface area contributed by atoms with Crippen molar-refractivity contribution in [3.63, 3.8) is 0 Å². The molecule has 2 atom stereocenters. The van der Waals surface area contributed by atoms with Gasteiger partial charge in [-0.1, -0.05) is 40.5 Å². The van der Waals surface area contributed by atoms with Gasteiger partial charge in [0.15, 0.2) is 0 Å². The second-order valence-electron chi connectivity index (χ2n) is 5.40. The second-order valence-corrected chi connectivity index (χ2v) is 5.40. The first-order valence-electron chi connectivity index (χ1n) is 6.89. The number of azo groups is 1. The van der Waals surface area contributed by atoms with E-state index in [1.807, 2.05) is 0 Å². The van der Waals surface area contributed by atoms with E-state index in [1.54, 1.807) is 0 Å². The predicted octanol–water partition coefficient (Wildman–Crippen LogP) is 5.38. The molecule has 2 unspecified atom stereocenters. The molecular formula is C14H30N2. The van der Waals surface area contributed by atoms with Crippen molar-refractivity contribution in [3.8, 4) is 0 Å². The van der Waals surface area contributed by atoms with Crippen LogP contribution in [0.5, 0.6) is 0 Å². The minimum absolute atomic E-state index is 0.0545. The lowest BCUT2D eigenvalue weighted by Crippen LogP contribution is -2.24. The molecule has 16 heavy (non-hydrogen) atoms. The summed E-state index contributed by atoms with van der Waals surface area (Å²) in [4.78, 5) is 0. The highest BCUT2D eigenvalue weighted by Crippen LogP contribution is 2.27. The van der Waals surface area contributed by atoms with Gasteiger partial charge < -0.3 is 0 Å². The summed E-state index contributed by atoms with van der Waals surface area (Å²) >= 11 is 0. The first-order valence-corrected chi connectivity index (χ1v) is 6.89. The van der Waals surface area contributed by atoms with Crippen LogP contribution in [0.25, 0.3) is 0 Å². The normalized spacial score (nSPS) is 19.6. The van der Waals surface area contributed by atoms with Crippen molar-refractivity contribution in [2.24, 2.45) is 10.2 Å². The Balaban J connectivity index is 4.63. The van der Waals surface area contributed by atoms with E-state index in [9.17, 15) is 0 Å². The maximum atomic E-state index is 4.65. The summed E-state index contributed by atoms with van der Waals surface area (Å²) in [5, 5.41) is 9.30. The van der Waals surface area contributed by atoms with Gasteiger partial charge in [0.05, 0.1) is 11.1 Å². The quantitative estimate of drug-likeness (QED) is 0.497. The van der Waals surface area contributed by atoms with Gasteiger partial charge >= 0.3 is 0 Å². The van der Waals surface area contributed by atoms with Crippen molar-refractivity contribution in [1.82, 2.24) is 0 Å². The molecule has 0 amide bonds. The summed E-state index contributed by atoms with van der Waals surface area (Å²) in [5.41, 5.74) is 0.109. The minimum Gasteiger partial charge on any atom is -0.187 e. The molecule has 0 aliphatic rings. The van der Waals surface area contributed by atoms with Crippen LogP contribution in [0.3, 0.4) is 0 Å². The maximum Gasteiger partial charge on any atom is 0.0785 e. The summed E-state index contributed by atoms with van der Waals surface area (Å²) in [6.07, 6.45) is 6.80. The van der Waals surface area contributed by atoms with Crippen LogP contribution in [0, 0.1) is 0 Å². The lowest BCUT2D eigenvalue weighted by Gasteiger charge is -2.26.